The number of nitrogens with zero attached hydrogens (tertiary/aromatic N) is 3. The number of carbonyl (C=O) groups excluding carboxylic acids is 2. The minimum atomic E-state index is -0.627. The van der Waals surface area contributed by atoms with Gasteiger partial charge in [-0.25, -0.2) is 9.48 Å². The Balaban J connectivity index is 1.38. The van der Waals surface area contributed by atoms with Gasteiger partial charge in [-0.3, -0.25) is 14.6 Å². The molecular weight excluding hydrogens is 599 g/mol. The fourth-order valence-electron chi connectivity index (χ4n) is 4.57. The normalized spacial score (nSPS) is 10.7. The van der Waals surface area contributed by atoms with Crippen molar-refractivity contribution in [1.82, 2.24) is 20.1 Å². The number of hydrogen-bond acceptors (Lipinski definition) is 5. The van der Waals surface area contributed by atoms with Gasteiger partial charge < -0.3 is 16.0 Å². The van der Waals surface area contributed by atoms with Crippen LogP contribution in [0.25, 0.3) is 22.4 Å². The third-order valence-electron chi connectivity index (χ3n) is 6.81. The Hall–Kier alpha value is -4.99. The number of halogens is 2. The second kappa shape index (κ2) is 13.5. The summed E-state index contributed by atoms with van der Waals surface area (Å²) in [5.74, 6) is -0.211. The van der Waals surface area contributed by atoms with Crippen LogP contribution >= 0.6 is 23.2 Å². The maximum Gasteiger partial charge on any atom is 0.323 e. The van der Waals surface area contributed by atoms with E-state index in [-0.39, 0.29) is 16.6 Å². The molecule has 9 nitrogen and oxygen atoms in total. The molecule has 11 heteroatoms. The van der Waals surface area contributed by atoms with E-state index in [0.29, 0.717) is 40.6 Å². The first-order chi connectivity index (χ1) is 21.2. The lowest BCUT2D eigenvalue weighted by Gasteiger charge is -2.13. The number of aryl methyl sites for hydroxylation is 2. The van der Waals surface area contributed by atoms with Gasteiger partial charge in [0.15, 0.2) is 0 Å². The molecule has 0 atom stereocenters. The molecule has 0 aliphatic heterocycles. The predicted molar refractivity (Wildman–Crippen MR) is 174 cm³/mol. The lowest BCUT2D eigenvalue weighted by Crippen LogP contribution is -2.30. The van der Waals surface area contributed by atoms with Crippen molar-refractivity contribution in [3.63, 3.8) is 0 Å². The van der Waals surface area contributed by atoms with Crippen LogP contribution in [-0.2, 0) is 13.1 Å². The summed E-state index contributed by atoms with van der Waals surface area (Å²) in [6, 6.07) is 23.1. The molecule has 222 valence electrons. The van der Waals surface area contributed by atoms with E-state index in [1.807, 2.05) is 60.7 Å². The van der Waals surface area contributed by atoms with Gasteiger partial charge in [0.1, 0.15) is 5.69 Å². The standard InChI is InChI=1S/C33H28Cl2N6O3/c1-3-41-32(43)29(38-33(44)39-30-20(2)17-36-19-27(30)35)16-28(40-41)24-10-5-8-22(14-24)23-9-6-11-25(15-23)31(42)37-18-21-7-4-12-26(34)13-21/h4-17,19H,3,18H2,1-2H3,(H,37,42)(H2,36,38,39,44). The maximum atomic E-state index is 13.0. The molecule has 0 unspecified atom stereocenters. The van der Waals surface area contributed by atoms with Crippen molar-refractivity contribution in [2.24, 2.45) is 0 Å². The summed E-state index contributed by atoms with van der Waals surface area (Å²) in [7, 11) is 0. The highest BCUT2D eigenvalue weighted by Crippen LogP contribution is 2.27. The molecule has 44 heavy (non-hydrogen) atoms. The van der Waals surface area contributed by atoms with Gasteiger partial charge in [-0.05, 0) is 72.5 Å². The molecule has 2 aromatic heterocycles. The average molecular weight is 628 g/mol. The zero-order chi connectivity index (χ0) is 31.2. The van der Waals surface area contributed by atoms with Gasteiger partial charge in [-0.2, -0.15) is 5.10 Å². The van der Waals surface area contributed by atoms with E-state index in [1.54, 1.807) is 32.2 Å². The summed E-state index contributed by atoms with van der Waals surface area (Å²) in [5, 5.41) is 13.7. The Kier molecular flexibility index (Phi) is 9.38. The monoisotopic (exact) mass is 626 g/mol. The second-order valence-electron chi connectivity index (χ2n) is 9.93. The fourth-order valence-corrected chi connectivity index (χ4v) is 5.04. The summed E-state index contributed by atoms with van der Waals surface area (Å²) >= 11 is 12.2. The largest absolute Gasteiger partial charge is 0.348 e. The fraction of sp³-hybridized carbons (Fsp3) is 0.121. The van der Waals surface area contributed by atoms with Crippen molar-refractivity contribution in [3.05, 3.63) is 128 Å². The van der Waals surface area contributed by atoms with Crippen LogP contribution in [0.1, 0.15) is 28.4 Å². The van der Waals surface area contributed by atoms with Crippen LogP contribution in [0, 0.1) is 6.92 Å². The highest BCUT2D eigenvalue weighted by Gasteiger charge is 2.15. The van der Waals surface area contributed by atoms with Crippen molar-refractivity contribution in [2.75, 3.05) is 10.6 Å². The van der Waals surface area contributed by atoms with Gasteiger partial charge in [0.2, 0.25) is 0 Å². The molecule has 0 radical (unpaired) electrons. The number of hydrogen-bond donors (Lipinski definition) is 3. The van der Waals surface area contributed by atoms with Crippen LogP contribution in [0.4, 0.5) is 16.2 Å². The molecule has 2 heterocycles. The first kappa shape index (κ1) is 30.5. The van der Waals surface area contributed by atoms with Gasteiger partial charge in [0.25, 0.3) is 11.5 Å². The van der Waals surface area contributed by atoms with Crippen LogP contribution in [0.2, 0.25) is 10.0 Å². The van der Waals surface area contributed by atoms with Crippen molar-refractivity contribution in [2.45, 2.75) is 26.9 Å². The lowest BCUT2D eigenvalue weighted by atomic mass is 9.99. The van der Waals surface area contributed by atoms with E-state index in [9.17, 15) is 14.4 Å². The topological polar surface area (TPSA) is 118 Å². The third-order valence-corrected chi connectivity index (χ3v) is 7.33. The molecule has 0 saturated carbocycles. The van der Waals surface area contributed by atoms with Crippen molar-refractivity contribution >= 4 is 46.5 Å². The van der Waals surface area contributed by atoms with Gasteiger partial charge >= 0.3 is 6.03 Å². The molecule has 0 aliphatic rings. The number of anilines is 2. The Morgan fingerprint density at radius 3 is 2.34 bits per heavy atom. The zero-order valence-corrected chi connectivity index (χ0v) is 25.4. The Morgan fingerprint density at radius 1 is 0.864 bits per heavy atom. The molecule has 3 aromatic carbocycles. The minimum absolute atomic E-state index is 0.0564. The number of carbonyl (C=O) groups is 2. The summed E-state index contributed by atoms with van der Waals surface area (Å²) < 4.78 is 1.28. The van der Waals surface area contributed by atoms with E-state index in [2.05, 4.69) is 26.0 Å². The summed E-state index contributed by atoms with van der Waals surface area (Å²) in [4.78, 5) is 42.8. The van der Waals surface area contributed by atoms with Gasteiger partial charge in [-0.15, -0.1) is 0 Å². The highest BCUT2D eigenvalue weighted by atomic mass is 35.5. The summed E-state index contributed by atoms with van der Waals surface area (Å²) in [5.41, 5.74) is 4.97. The molecule has 3 amide bonds. The smallest absolute Gasteiger partial charge is 0.323 e. The molecule has 3 N–H and O–H groups in total. The zero-order valence-electron chi connectivity index (χ0n) is 23.9. The average Bonchev–Trinajstić information content (AvgIpc) is 3.03. The van der Waals surface area contributed by atoms with E-state index in [4.69, 9.17) is 23.2 Å². The van der Waals surface area contributed by atoms with Gasteiger partial charge in [0, 0.05) is 41.6 Å². The van der Waals surface area contributed by atoms with E-state index >= 15 is 0 Å². The number of nitrogens with one attached hydrogen (secondary N) is 3. The van der Waals surface area contributed by atoms with E-state index in [0.717, 1.165) is 22.3 Å². The van der Waals surface area contributed by atoms with Crippen molar-refractivity contribution in [1.29, 1.82) is 0 Å². The quantitative estimate of drug-likeness (QED) is 0.169. The van der Waals surface area contributed by atoms with Crippen LogP contribution in [0.3, 0.4) is 0 Å². The summed E-state index contributed by atoms with van der Waals surface area (Å²) in [6.45, 7) is 4.20. The number of aromatic nitrogens is 3. The number of amides is 3. The van der Waals surface area contributed by atoms with Crippen LogP contribution in [0.15, 0.2) is 96.1 Å². The first-order valence-electron chi connectivity index (χ1n) is 13.8. The predicted octanol–water partition coefficient (Wildman–Crippen LogP) is 7.18. The number of benzene rings is 3. The summed E-state index contributed by atoms with van der Waals surface area (Å²) in [6.07, 6.45) is 3.00. The van der Waals surface area contributed by atoms with Gasteiger partial charge in [0.05, 0.1) is 16.4 Å². The SMILES string of the molecule is CCn1nc(-c2cccc(-c3cccc(C(=O)NCc4cccc(Cl)c4)c3)c2)cc(NC(=O)Nc2c(C)cncc2Cl)c1=O. The first-order valence-corrected chi connectivity index (χ1v) is 14.5. The molecule has 0 aliphatic carbocycles. The Labute approximate surface area is 263 Å². The Bertz CT molecular complexity index is 1900. The number of rotatable bonds is 8. The van der Waals surface area contributed by atoms with Crippen LogP contribution < -0.4 is 21.5 Å². The highest BCUT2D eigenvalue weighted by molar-refractivity contribution is 6.33. The molecule has 5 rings (SSSR count). The number of urea groups is 1. The molecule has 5 aromatic rings. The van der Waals surface area contributed by atoms with Gasteiger partial charge in [-0.1, -0.05) is 65.7 Å². The van der Waals surface area contributed by atoms with E-state index < -0.39 is 11.6 Å². The molecule has 0 spiro atoms. The number of pyridine rings is 1. The maximum absolute atomic E-state index is 13.0. The second-order valence-corrected chi connectivity index (χ2v) is 10.8. The molecular formula is C33H28Cl2N6O3. The molecule has 0 fully saturated rings. The van der Waals surface area contributed by atoms with Crippen molar-refractivity contribution in [3.8, 4) is 22.4 Å². The molecule has 0 bridgehead atoms. The third kappa shape index (κ3) is 7.14. The van der Waals surface area contributed by atoms with Crippen LogP contribution in [-0.4, -0.2) is 26.7 Å². The Morgan fingerprint density at radius 2 is 1.59 bits per heavy atom. The van der Waals surface area contributed by atoms with E-state index in [1.165, 1.54) is 16.9 Å². The van der Waals surface area contributed by atoms with Crippen LogP contribution in [0.5, 0.6) is 0 Å². The molecule has 0 saturated heterocycles. The minimum Gasteiger partial charge on any atom is -0.348 e. The lowest BCUT2D eigenvalue weighted by molar-refractivity contribution is 0.0951. The van der Waals surface area contributed by atoms with Crippen molar-refractivity contribution < 1.29 is 9.59 Å².